The number of para-hydroxylation sites is 1. The first kappa shape index (κ1) is 23.7. The second-order valence-corrected chi connectivity index (χ2v) is 10.5. The molecule has 0 amide bonds. The fourth-order valence-electron chi connectivity index (χ4n) is 3.83. The quantitative estimate of drug-likeness (QED) is 0.202. The SMILES string of the molecule is CCC(CSc1nc2ccccc2s1)Nc1nc(Cl)nc2c1ncn2[C@@H]1O[C@H](CO)C(O)C1O. The molecule has 5 rings (SSSR count). The molecule has 4 aromatic rings. The summed E-state index contributed by atoms with van der Waals surface area (Å²) in [7, 11) is 0. The Kier molecular flexibility index (Phi) is 6.89. The van der Waals surface area contributed by atoms with Crippen molar-refractivity contribution in [2.75, 3.05) is 17.7 Å². The number of nitrogens with one attached hydrogen (secondary N) is 1. The van der Waals surface area contributed by atoms with E-state index in [4.69, 9.17) is 16.3 Å². The van der Waals surface area contributed by atoms with Crippen molar-refractivity contribution in [3.8, 4) is 0 Å². The Morgan fingerprint density at radius 2 is 2.06 bits per heavy atom. The maximum absolute atomic E-state index is 10.4. The van der Waals surface area contributed by atoms with Gasteiger partial charge in [-0.3, -0.25) is 4.57 Å². The minimum atomic E-state index is -1.26. The molecule has 1 aliphatic heterocycles. The van der Waals surface area contributed by atoms with E-state index in [-0.39, 0.29) is 11.3 Å². The van der Waals surface area contributed by atoms with Crippen molar-refractivity contribution >= 4 is 61.9 Å². The van der Waals surface area contributed by atoms with Gasteiger partial charge < -0.3 is 25.4 Å². The van der Waals surface area contributed by atoms with Crippen LogP contribution in [0, 0.1) is 0 Å². The third kappa shape index (κ3) is 4.47. The number of imidazole rings is 1. The summed E-state index contributed by atoms with van der Waals surface area (Å²) in [6, 6.07) is 8.12. The van der Waals surface area contributed by atoms with Gasteiger partial charge in [0.05, 0.1) is 23.2 Å². The lowest BCUT2D eigenvalue weighted by molar-refractivity contribution is -0.0511. The predicted molar refractivity (Wildman–Crippen MR) is 131 cm³/mol. The Balaban J connectivity index is 1.36. The molecule has 4 heterocycles. The van der Waals surface area contributed by atoms with Crippen LogP contribution < -0.4 is 5.32 Å². The number of hydrogen-bond donors (Lipinski definition) is 4. The summed E-state index contributed by atoms with van der Waals surface area (Å²) in [5, 5.41) is 33.3. The summed E-state index contributed by atoms with van der Waals surface area (Å²) in [6.07, 6.45) is -2.07. The highest BCUT2D eigenvalue weighted by molar-refractivity contribution is 8.01. The standard InChI is InChI=1S/C21H23ClN6O4S2/c1-2-10(8-33-21-25-11-5-3-4-6-13(11)34-21)24-17-14-18(27-20(22)26-17)28(9-23-14)19-16(31)15(30)12(7-29)32-19/h3-6,9-10,12,15-16,19,29-31H,2,7-8H2,1H3,(H,24,26,27)/t10?,12-,15?,16?,19-/m1/s1. The fourth-order valence-corrected chi connectivity index (χ4v) is 6.22. The minimum absolute atomic E-state index is 0.0113. The Labute approximate surface area is 208 Å². The summed E-state index contributed by atoms with van der Waals surface area (Å²) in [4.78, 5) is 17.7. The number of ether oxygens (including phenoxy) is 1. The molecule has 1 aliphatic rings. The van der Waals surface area contributed by atoms with E-state index >= 15 is 0 Å². The van der Waals surface area contributed by atoms with Gasteiger partial charge in [0.25, 0.3) is 0 Å². The number of anilines is 1. The zero-order valence-electron chi connectivity index (χ0n) is 18.1. The third-order valence-corrected chi connectivity index (χ3v) is 8.21. The molecule has 13 heteroatoms. The van der Waals surface area contributed by atoms with Crippen LogP contribution in [-0.2, 0) is 4.74 Å². The molecule has 0 saturated carbocycles. The van der Waals surface area contributed by atoms with Gasteiger partial charge >= 0.3 is 0 Å². The summed E-state index contributed by atoms with van der Waals surface area (Å²) in [5.74, 6) is 1.23. The highest BCUT2D eigenvalue weighted by Gasteiger charge is 2.44. The smallest absolute Gasteiger partial charge is 0.226 e. The second-order valence-electron chi connectivity index (χ2n) is 7.90. The Morgan fingerprint density at radius 3 is 2.79 bits per heavy atom. The van der Waals surface area contributed by atoms with Crippen LogP contribution in [0.3, 0.4) is 0 Å². The van der Waals surface area contributed by atoms with Gasteiger partial charge in [-0.1, -0.05) is 30.8 Å². The number of nitrogens with zero attached hydrogens (tertiary/aromatic N) is 5. The van der Waals surface area contributed by atoms with E-state index in [2.05, 4.69) is 38.2 Å². The molecule has 4 N–H and O–H groups in total. The number of aliphatic hydroxyl groups is 3. The lowest BCUT2D eigenvalue weighted by Gasteiger charge is -2.18. The first-order valence-corrected chi connectivity index (χ1v) is 12.9. The average molecular weight is 523 g/mol. The summed E-state index contributed by atoms with van der Waals surface area (Å²) >= 11 is 9.56. The molecule has 0 bridgehead atoms. The number of aromatic nitrogens is 5. The number of benzene rings is 1. The number of aliphatic hydroxyl groups excluding tert-OH is 3. The van der Waals surface area contributed by atoms with Gasteiger partial charge in [-0.25, -0.2) is 9.97 Å². The van der Waals surface area contributed by atoms with Crippen molar-refractivity contribution in [3.05, 3.63) is 35.9 Å². The first-order chi connectivity index (χ1) is 16.5. The lowest BCUT2D eigenvalue weighted by atomic mass is 10.1. The van der Waals surface area contributed by atoms with Crippen molar-refractivity contribution in [1.82, 2.24) is 24.5 Å². The first-order valence-electron chi connectivity index (χ1n) is 10.8. The number of halogens is 1. The Hall–Kier alpha value is -2.06. The van der Waals surface area contributed by atoms with Gasteiger partial charge in [0.2, 0.25) is 5.28 Å². The van der Waals surface area contributed by atoms with Gasteiger partial charge in [-0.15, -0.1) is 11.3 Å². The molecular formula is C21H23ClN6O4S2. The third-order valence-electron chi connectivity index (χ3n) is 5.70. The molecule has 34 heavy (non-hydrogen) atoms. The van der Waals surface area contributed by atoms with Gasteiger partial charge in [0.15, 0.2) is 27.5 Å². The molecule has 3 aromatic heterocycles. The molecule has 5 atom stereocenters. The molecule has 0 radical (unpaired) electrons. The number of fused-ring (bicyclic) bond motifs is 2. The fraction of sp³-hybridized carbons (Fsp3) is 0.429. The van der Waals surface area contributed by atoms with E-state index in [1.54, 1.807) is 23.1 Å². The zero-order valence-corrected chi connectivity index (χ0v) is 20.5. The molecule has 0 aliphatic carbocycles. The number of thiazole rings is 1. The normalized spacial score (nSPS) is 23.7. The number of hydrogen-bond acceptors (Lipinski definition) is 11. The van der Waals surface area contributed by atoms with Crippen LogP contribution in [0.4, 0.5) is 5.82 Å². The van der Waals surface area contributed by atoms with Gasteiger partial charge in [0.1, 0.15) is 18.3 Å². The van der Waals surface area contributed by atoms with Crippen LogP contribution in [-0.4, -0.2) is 76.5 Å². The monoisotopic (exact) mass is 522 g/mol. The van der Waals surface area contributed by atoms with Gasteiger partial charge in [0, 0.05) is 11.8 Å². The molecule has 10 nitrogen and oxygen atoms in total. The average Bonchev–Trinajstić information content (AvgIpc) is 3.52. The second kappa shape index (κ2) is 9.90. The summed E-state index contributed by atoms with van der Waals surface area (Å²) < 4.78 is 9.28. The van der Waals surface area contributed by atoms with Crippen molar-refractivity contribution in [3.63, 3.8) is 0 Å². The maximum Gasteiger partial charge on any atom is 0.226 e. The van der Waals surface area contributed by atoms with Crippen LogP contribution in [0.1, 0.15) is 19.6 Å². The van der Waals surface area contributed by atoms with E-state index in [1.165, 1.54) is 10.9 Å². The molecule has 180 valence electrons. The lowest BCUT2D eigenvalue weighted by Crippen LogP contribution is -2.33. The van der Waals surface area contributed by atoms with Crippen LogP contribution >= 0.6 is 34.7 Å². The Bertz CT molecular complexity index is 1270. The van der Waals surface area contributed by atoms with E-state index in [9.17, 15) is 15.3 Å². The molecule has 1 saturated heterocycles. The van der Waals surface area contributed by atoms with E-state index in [0.717, 1.165) is 26.7 Å². The van der Waals surface area contributed by atoms with Gasteiger partial charge in [-0.05, 0) is 30.2 Å². The van der Waals surface area contributed by atoms with Crippen LogP contribution in [0.5, 0.6) is 0 Å². The van der Waals surface area contributed by atoms with Crippen LogP contribution in [0.15, 0.2) is 34.9 Å². The molecular weight excluding hydrogens is 500 g/mol. The molecule has 0 spiro atoms. The molecule has 1 fully saturated rings. The largest absolute Gasteiger partial charge is 0.394 e. The van der Waals surface area contributed by atoms with E-state index in [0.29, 0.717) is 17.0 Å². The highest BCUT2D eigenvalue weighted by atomic mass is 35.5. The molecule has 3 unspecified atom stereocenters. The van der Waals surface area contributed by atoms with Crippen molar-refractivity contribution in [2.45, 2.75) is 48.3 Å². The van der Waals surface area contributed by atoms with Crippen molar-refractivity contribution in [1.29, 1.82) is 0 Å². The van der Waals surface area contributed by atoms with E-state index < -0.39 is 31.1 Å². The molecule has 1 aromatic carbocycles. The maximum atomic E-state index is 10.4. The number of rotatable bonds is 8. The zero-order chi connectivity index (χ0) is 23.8. The van der Waals surface area contributed by atoms with Crippen molar-refractivity contribution < 1.29 is 20.1 Å². The summed E-state index contributed by atoms with van der Waals surface area (Å²) in [6.45, 7) is 1.66. The van der Waals surface area contributed by atoms with E-state index in [1.807, 2.05) is 18.2 Å². The van der Waals surface area contributed by atoms with Gasteiger partial charge in [-0.2, -0.15) is 9.97 Å². The summed E-state index contributed by atoms with van der Waals surface area (Å²) in [5.41, 5.74) is 1.81. The topological polar surface area (TPSA) is 138 Å². The van der Waals surface area contributed by atoms with Crippen molar-refractivity contribution in [2.24, 2.45) is 0 Å². The number of thioether (sulfide) groups is 1. The van der Waals surface area contributed by atoms with Crippen LogP contribution in [0.25, 0.3) is 21.4 Å². The minimum Gasteiger partial charge on any atom is -0.394 e. The highest BCUT2D eigenvalue weighted by Crippen LogP contribution is 2.34. The predicted octanol–water partition coefficient (Wildman–Crippen LogP) is 2.68. The van der Waals surface area contributed by atoms with Crippen LogP contribution in [0.2, 0.25) is 5.28 Å². The Morgan fingerprint density at radius 1 is 1.24 bits per heavy atom.